The molecule has 0 aliphatic carbocycles. The molecule has 0 radical (unpaired) electrons. The van der Waals surface area contributed by atoms with Crippen LogP contribution in [-0.4, -0.2) is 14.8 Å². The summed E-state index contributed by atoms with van der Waals surface area (Å²) in [4.78, 5) is 0. The maximum atomic E-state index is 5.27. The highest BCUT2D eigenvalue weighted by Gasteiger charge is 2.12. The Hall–Kier alpha value is -1.42. The average molecular weight is 247 g/mol. The van der Waals surface area contributed by atoms with Crippen LogP contribution in [0.5, 0.6) is 0 Å². The fourth-order valence-electron chi connectivity index (χ4n) is 2.11. The van der Waals surface area contributed by atoms with E-state index in [1.54, 1.807) is 0 Å². The zero-order valence-corrected chi connectivity index (χ0v) is 11.3. The van der Waals surface area contributed by atoms with Gasteiger partial charge in [0.15, 0.2) is 10.6 Å². The molecule has 90 valence electrons. The number of hydrogen-bond donors (Lipinski definition) is 1. The van der Waals surface area contributed by atoms with Gasteiger partial charge in [0.1, 0.15) is 0 Å². The zero-order valence-electron chi connectivity index (χ0n) is 10.4. The second kappa shape index (κ2) is 4.84. The lowest BCUT2D eigenvalue weighted by Crippen LogP contribution is -2.02. The summed E-state index contributed by atoms with van der Waals surface area (Å²) in [7, 11) is 0. The van der Waals surface area contributed by atoms with Crippen LogP contribution < -0.4 is 0 Å². The van der Waals surface area contributed by atoms with Crippen LogP contribution in [0.2, 0.25) is 0 Å². The van der Waals surface area contributed by atoms with E-state index < -0.39 is 0 Å². The van der Waals surface area contributed by atoms with Crippen LogP contribution in [0.4, 0.5) is 0 Å². The number of aromatic nitrogens is 3. The molecule has 3 nitrogen and oxygen atoms in total. The van der Waals surface area contributed by atoms with E-state index in [2.05, 4.69) is 53.7 Å². The monoisotopic (exact) mass is 247 g/mol. The summed E-state index contributed by atoms with van der Waals surface area (Å²) in [5.41, 5.74) is 3.65. The van der Waals surface area contributed by atoms with E-state index in [-0.39, 0.29) is 0 Å². The molecule has 2 aromatic rings. The fourth-order valence-corrected chi connectivity index (χ4v) is 2.33. The van der Waals surface area contributed by atoms with E-state index in [0.717, 1.165) is 18.8 Å². The molecular weight excluding hydrogens is 230 g/mol. The molecule has 0 aliphatic heterocycles. The Labute approximate surface area is 106 Å². The van der Waals surface area contributed by atoms with Crippen molar-refractivity contribution in [3.63, 3.8) is 0 Å². The molecular formula is C13H17N3S. The quantitative estimate of drug-likeness (QED) is 0.840. The van der Waals surface area contributed by atoms with E-state index in [1.807, 2.05) is 0 Å². The van der Waals surface area contributed by atoms with Crippen LogP contribution in [0.3, 0.4) is 0 Å². The van der Waals surface area contributed by atoms with Crippen molar-refractivity contribution < 1.29 is 0 Å². The smallest absolute Gasteiger partial charge is 0.195 e. The first-order valence-corrected chi connectivity index (χ1v) is 6.27. The second-order valence-electron chi connectivity index (χ2n) is 4.27. The largest absolute Gasteiger partial charge is 0.300 e. The third-order valence-corrected chi connectivity index (χ3v) is 3.22. The number of nitrogens with one attached hydrogen (secondary N) is 1. The first kappa shape index (κ1) is 12.0. The third-order valence-electron chi connectivity index (χ3n) is 2.91. The van der Waals surface area contributed by atoms with Crippen molar-refractivity contribution >= 4 is 12.2 Å². The summed E-state index contributed by atoms with van der Waals surface area (Å²) in [5.74, 6) is 0.951. The Kier molecular flexibility index (Phi) is 3.43. The van der Waals surface area contributed by atoms with Crippen molar-refractivity contribution in [2.24, 2.45) is 0 Å². The van der Waals surface area contributed by atoms with E-state index in [4.69, 9.17) is 12.2 Å². The highest BCUT2D eigenvalue weighted by atomic mass is 32.1. The molecule has 2 rings (SSSR count). The molecule has 1 heterocycles. The number of H-pyrrole nitrogens is 1. The second-order valence-corrected chi connectivity index (χ2v) is 4.66. The molecule has 1 aromatic carbocycles. The highest BCUT2D eigenvalue weighted by molar-refractivity contribution is 7.71. The standard InChI is InChI=1S/C13H17N3S/c1-4-8-16-12(14-15-13(16)17)11-9(2)6-5-7-10(11)3/h5-7H,4,8H2,1-3H3,(H,15,17). The Morgan fingerprint density at radius 2 is 1.94 bits per heavy atom. The van der Waals surface area contributed by atoms with Gasteiger partial charge < -0.3 is 4.57 Å². The molecule has 0 atom stereocenters. The first-order chi connectivity index (χ1) is 8.15. The normalized spacial score (nSPS) is 10.8. The van der Waals surface area contributed by atoms with Crippen molar-refractivity contribution in [3.05, 3.63) is 34.1 Å². The molecule has 0 saturated carbocycles. The van der Waals surface area contributed by atoms with Crippen molar-refractivity contribution in [2.75, 3.05) is 0 Å². The van der Waals surface area contributed by atoms with Gasteiger partial charge in [0, 0.05) is 12.1 Å². The van der Waals surface area contributed by atoms with Crippen LogP contribution in [-0.2, 0) is 6.54 Å². The minimum Gasteiger partial charge on any atom is -0.300 e. The molecule has 0 aliphatic rings. The van der Waals surface area contributed by atoms with Crippen molar-refractivity contribution in [2.45, 2.75) is 33.7 Å². The molecule has 1 N–H and O–H groups in total. The molecule has 1 aromatic heterocycles. The third kappa shape index (κ3) is 2.17. The van der Waals surface area contributed by atoms with Gasteiger partial charge in [-0.15, -0.1) is 0 Å². The number of aromatic amines is 1. The molecule has 0 saturated heterocycles. The molecule has 0 fully saturated rings. The van der Waals surface area contributed by atoms with Gasteiger partial charge in [-0.2, -0.15) is 5.10 Å². The van der Waals surface area contributed by atoms with Crippen LogP contribution in [0.15, 0.2) is 18.2 Å². The summed E-state index contributed by atoms with van der Waals surface area (Å²) >= 11 is 5.27. The number of aryl methyl sites for hydroxylation is 2. The molecule has 0 spiro atoms. The number of benzene rings is 1. The van der Waals surface area contributed by atoms with Gasteiger partial charge in [-0.1, -0.05) is 25.1 Å². The van der Waals surface area contributed by atoms with Crippen LogP contribution in [0.1, 0.15) is 24.5 Å². The topological polar surface area (TPSA) is 33.6 Å². The van der Waals surface area contributed by atoms with Gasteiger partial charge in [0.2, 0.25) is 0 Å². The van der Waals surface area contributed by atoms with E-state index >= 15 is 0 Å². The van der Waals surface area contributed by atoms with Crippen LogP contribution in [0.25, 0.3) is 11.4 Å². The van der Waals surface area contributed by atoms with Crippen molar-refractivity contribution in [3.8, 4) is 11.4 Å². The molecule has 0 amide bonds. The number of nitrogens with zero attached hydrogens (tertiary/aromatic N) is 2. The van der Waals surface area contributed by atoms with Gasteiger partial charge >= 0.3 is 0 Å². The summed E-state index contributed by atoms with van der Waals surface area (Å²) in [6.07, 6.45) is 1.05. The molecule has 4 heteroatoms. The van der Waals surface area contributed by atoms with Gasteiger partial charge in [-0.3, -0.25) is 5.10 Å². The van der Waals surface area contributed by atoms with Gasteiger partial charge in [-0.25, -0.2) is 0 Å². The molecule has 17 heavy (non-hydrogen) atoms. The molecule has 0 bridgehead atoms. The Balaban J connectivity index is 2.65. The highest BCUT2D eigenvalue weighted by Crippen LogP contribution is 2.25. The summed E-state index contributed by atoms with van der Waals surface area (Å²) < 4.78 is 2.77. The van der Waals surface area contributed by atoms with Gasteiger partial charge in [0.05, 0.1) is 0 Å². The number of hydrogen-bond acceptors (Lipinski definition) is 2. The van der Waals surface area contributed by atoms with Gasteiger partial charge in [-0.05, 0) is 43.6 Å². The maximum absolute atomic E-state index is 5.27. The fraction of sp³-hybridized carbons (Fsp3) is 0.385. The Morgan fingerprint density at radius 3 is 2.53 bits per heavy atom. The zero-order chi connectivity index (χ0) is 12.4. The lowest BCUT2D eigenvalue weighted by atomic mass is 10.0. The first-order valence-electron chi connectivity index (χ1n) is 5.87. The predicted molar refractivity (Wildman–Crippen MR) is 72.6 cm³/mol. The molecule has 0 unspecified atom stereocenters. The van der Waals surface area contributed by atoms with Gasteiger partial charge in [0.25, 0.3) is 0 Å². The Morgan fingerprint density at radius 1 is 1.29 bits per heavy atom. The van der Waals surface area contributed by atoms with Crippen LogP contribution >= 0.6 is 12.2 Å². The lowest BCUT2D eigenvalue weighted by Gasteiger charge is -2.10. The maximum Gasteiger partial charge on any atom is 0.195 e. The SMILES string of the molecule is CCCn1c(-c2c(C)cccc2C)n[nH]c1=S. The average Bonchev–Trinajstić information content (AvgIpc) is 2.62. The summed E-state index contributed by atoms with van der Waals surface area (Å²) in [6.45, 7) is 7.26. The summed E-state index contributed by atoms with van der Waals surface area (Å²) in [6, 6.07) is 6.28. The van der Waals surface area contributed by atoms with Crippen LogP contribution in [0, 0.1) is 18.6 Å². The lowest BCUT2D eigenvalue weighted by molar-refractivity contribution is 0.674. The van der Waals surface area contributed by atoms with E-state index in [0.29, 0.717) is 4.77 Å². The van der Waals surface area contributed by atoms with Crippen molar-refractivity contribution in [1.29, 1.82) is 0 Å². The predicted octanol–water partition coefficient (Wildman–Crippen LogP) is 3.63. The van der Waals surface area contributed by atoms with Crippen molar-refractivity contribution in [1.82, 2.24) is 14.8 Å². The summed E-state index contributed by atoms with van der Waals surface area (Å²) in [5, 5.41) is 7.26. The number of rotatable bonds is 3. The van der Waals surface area contributed by atoms with E-state index in [1.165, 1.54) is 16.7 Å². The Bertz CT molecular complexity index is 560. The minimum atomic E-state index is 0.699. The van der Waals surface area contributed by atoms with E-state index in [9.17, 15) is 0 Å². The minimum absolute atomic E-state index is 0.699.